The van der Waals surface area contributed by atoms with E-state index in [2.05, 4.69) is 15.1 Å². The number of aromatic amines is 1. The molecule has 4 aromatic rings. The SMILES string of the molecule is O=[N+]([O-])CC(c1ccccc1)c1c(-c2ccccc2)[nH]c2ccc(N=C=S)cc12. The molecule has 6 heteroatoms. The summed E-state index contributed by atoms with van der Waals surface area (Å²) in [5.41, 5.74) is 5.19. The molecule has 1 unspecified atom stereocenters. The van der Waals surface area contributed by atoms with E-state index >= 15 is 0 Å². The highest BCUT2D eigenvalue weighted by molar-refractivity contribution is 7.78. The Morgan fingerprint density at radius 1 is 1.03 bits per heavy atom. The van der Waals surface area contributed by atoms with Gasteiger partial charge in [0.2, 0.25) is 6.54 Å². The van der Waals surface area contributed by atoms with Crippen LogP contribution in [0.1, 0.15) is 17.0 Å². The number of rotatable bonds is 6. The van der Waals surface area contributed by atoms with E-state index in [0.29, 0.717) is 5.69 Å². The molecule has 5 nitrogen and oxygen atoms in total. The molecule has 1 aromatic heterocycles. The number of thiocarbonyl (C=S) groups is 1. The van der Waals surface area contributed by atoms with Crippen LogP contribution in [-0.4, -0.2) is 21.6 Å². The number of aromatic nitrogens is 1. The van der Waals surface area contributed by atoms with Crippen molar-refractivity contribution in [1.29, 1.82) is 0 Å². The first-order valence-electron chi connectivity index (χ1n) is 9.13. The third-order valence-electron chi connectivity index (χ3n) is 4.94. The van der Waals surface area contributed by atoms with E-state index in [4.69, 9.17) is 12.2 Å². The lowest BCUT2D eigenvalue weighted by Crippen LogP contribution is -2.14. The zero-order chi connectivity index (χ0) is 20.2. The molecule has 4 rings (SSSR count). The van der Waals surface area contributed by atoms with E-state index < -0.39 is 5.92 Å². The summed E-state index contributed by atoms with van der Waals surface area (Å²) < 4.78 is 0. The van der Waals surface area contributed by atoms with Crippen molar-refractivity contribution >= 4 is 34.0 Å². The highest BCUT2D eigenvalue weighted by Gasteiger charge is 2.27. The van der Waals surface area contributed by atoms with E-state index in [0.717, 1.165) is 33.3 Å². The van der Waals surface area contributed by atoms with Crippen molar-refractivity contribution in [3.05, 3.63) is 100 Å². The van der Waals surface area contributed by atoms with Gasteiger partial charge in [0.15, 0.2) is 0 Å². The molecule has 0 aliphatic heterocycles. The first-order chi connectivity index (χ1) is 14.2. The van der Waals surface area contributed by atoms with Crippen LogP contribution in [0.4, 0.5) is 5.69 Å². The normalized spacial score (nSPS) is 11.7. The Morgan fingerprint density at radius 2 is 1.72 bits per heavy atom. The first kappa shape index (κ1) is 18.7. The van der Waals surface area contributed by atoms with Crippen molar-refractivity contribution in [3.8, 4) is 11.3 Å². The van der Waals surface area contributed by atoms with Gasteiger partial charge in [-0.2, -0.15) is 4.99 Å². The van der Waals surface area contributed by atoms with Crippen molar-refractivity contribution in [1.82, 2.24) is 4.98 Å². The zero-order valence-corrected chi connectivity index (χ0v) is 16.2. The Bertz CT molecular complexity index is 1210. The Kier molecular flexibility index (Phi) is 5.29. The molecular weight excluding hydrogens is 382 g/mol. The number of isothiocyanates is 1. The third-order valence-corrected chi connectivity index (χ3v) is 5.03. The quantitative estimate of drug-likeness (QED) is 0.188. The number of hydrogen-bond acceptors (Lipinski definition) is 4. The number of benzene rings is 3. The van der Waals surface area contributed by atoms with E-state index in [9.17, 15) is 10.1 Å². The van der Waals surface area contributed by atoms with Crippen LogP contribution in [0.3, 0.4) is 0 Å². The van der Waals surface area contributed by atoms with E-state index in [1.807, 2.05) is 78.9 Å². The lowest BCUT2D eigenvalue weighted by Gasteiger charge is -2.16. The molecule has 0 aliphatic carbocycles. The number of H-pyrrole nitrogens is 1. The lowest BCUT2D eigenvalue weighted by molar-refractivity contribution is -0.481. The molecule has 142 valence electrons. The molecule has 0 saturated carbocycles. The fourth-order valence-electron chi connectivity index (χ4n) is 3.72. The third kappa shape index (κ3) is 3.85. The van der Waals surface area contributed by atoms with Gasteiger partial charge in [0.1, 0.15) is 0 Å². The number of nitro groups is 1. The Morgan fingerprint density at radius 3 is 2.38 bits per heavy atom. The van der Waals surface area contributed by atoms with E-state index in [-0.39, 0.29) is 11.5 Å². The molecule has 0 saturated heterocycles. The van der Waals surface area contributed by atoms with Crippen molar-refractivity contribution in [3.63, 3.8) is 0 Å². The number of fused-ring (bicyclic) bond motifs is 1. The number of aliphatic imine (C=N–C) groups is 1. The lowest BCUT2D eigenvalue weighted by atomic mass is 9.87. The summed E-state index contributed by atoms with van der Waals surface area (Å²) >= 11 is 4.74. The highest BCUT2D eigenvalue weighted by Crippen LogP contribution is 2.40. The maximum absolute atomic E-state index is 11.6. The van der Waals surface area contributed by atoms with Crippen molar-refractivity contribution in [2.75, 3.05) is 6.54 Å². The van der Waals surface area contributed by atoms with Gasteiger partial charge >= 0.3 is 0 Å². The van der Waals surface area contributed by atoms with Crippen LogP contribution >= 0.6 is 12.2 Å². The second-order valence-electron chi connectivity index (χ2n) is 6.69. The van der Waals surface area contributed by atoms with Crippen LogP contribution < -0.4 is 0 Å². The summed E-state index contributed by atoms with van der Waals surface area (Å²) in [4.78, 5) is 18.9. The number of nitrogens with zero attached hydrogens (tertiary/aromatic N) is 2. The topological polar surface area (TPSA) is 71.3 Å². The highest BCUT2D eigenvalue weighted by atomic mass is 32.1. The van der Waals surface area contributed by atoms with Gasteiger partial charge in [-0.1, -0.05) is 60.7 Å². The van der Waals surface area contributed by atoms with Crippen LogP contribution in [0, 0.1) is 10.1 Å². The Hall–Kier alpha value is -3.60. The molecule has 0 aliphatic rings. The van der Waals surface area contributed by atoms with Crippen molar-refractivity contribution in [2.24, 2.45) is 4.99 Å². The summed E-state index contributed by atoms with van der Waals surface area (Å²) in [6, 6.07) is 25.1. The van der Waals surface area contributed by atoms with Gasteiger partial charge in [0, 0.05) is 15.8 Å². The summed E-state index contributed by atoms with van der Waals surface area (Å²) in [6.07, 6.45) is 0. The van der Waals surface area contributed by atoms with Crippen LogP contribution in [0.15, 0.2) is 83.9 Å². The fraction of sp³-hybridized carbons (Fsp3) is 0.0870. The molecule has 0 bridgehead atoms. The van der Waals surface area contributed by atoms with Crippen LogP contribution in [-0.2, 0) is 0 Å². The molecule has 1 atom stereocenters. The average molecular weight is 399 g/mol. The van der Waals surface area contributed by atoms with Crippen molar-refractivity contribution in [2.45, 2.75) is 5.92 Å². The largest absolute Gasteiger partial charge is 0.354 e. The smallest absolute Gasteiger partial charge is 0.214 e. The maximum atomic E-state index is 11.6. The van der Waals surface area contributed by atoms with Gasteiger partial charge in [-0.25, -0.2) is 0 Å². The summed E-state index contributed by atoms with van der Waals surface area (Å²) in [6.45, 7) is -0.211. The van der Waals surface area contributed by atoms with Crippen molar-refractivity contribution < 1.29 is 4.92 Å². The van der Waals surface area contributed by atoms with Crippen LogP contribution in [0.25, 0.3) is 22.2 Å². The van der Waals surface area contributed by atoms with Crippen LogP contribution in [0.5, 0.6) is 0 Å². The summed E-state index contributed by atoms with van der Waals surface area (Å²) in [7, 11) is 0. The minimum absolute atomic E-state index is 0.211. The van der Waals surface area contributed by atoms with Gasteiger partial charge in [0.05, 0.1) is 22.5 Å². The number of nitrogens with one attached hydrogen (secondary N) is 1. The molecule has 3 aromatic carbocycles. The van der Waals surface area contributed by atoms with E-state index in [1.165, 1.54) is 0 Å². The predicted octanol–water partition coefficient (Wildman–Crippen LogP) is 5.98. The second-order valence-corrected chi connectivity index (χ2v) is 6.87. The molecule has 1 heterocycles. The minimum atomic E-state index is -0.415. The van der Waals surface area contributed by atoms with Gasteiger partial charge < -0.3 is 4.98 Å². The molecule has 0 spiro atoms. The summed E-state index contributed by atoms with van der Waals surface area (Å²) in [5.74, 6) is -0.415. The molecule has 0 fully saturated rings. The molecule has 1 N–H and O–H groups in total. The fourth-order valence-corrected chi connectivity index (χ4v) is 3.82. The van der Waals surface area contributed by atoms with Gasteiger partial charge in [-0.05, 0) is 47.1 Å². The number of hydrogen-bond donors (Lipinski definition) is 1. The molecule has 0 radical (unpaired) electrons. The molecular formula is C23H17N3O2S. The Labute approximate surface area is 172 Å². The average Bonchev–Trinajstić information content (AvgIpc) is 3.12. The summed E-state index contributed by atoms with van der Waals surface area (Å²) in [5, 5.41) is 14.9. The van der Waals surface area contributed by atoms with Gasteiger partial charge in [0.25, 0.3) is 0 Å². The second kappa shape index (κ2) is 8.19. The predicted molar refractivity (Wildman–Crippen MR) is 119 cm³/mol. The van der Waals surface area contributed by atoms with E-state index in [1.54, 1.807) is 0 Å². The van der Waals surface area contributed by atoms with Crippen LogP contribution in [0.2, 0.25) is 0 Å². The van der Waals surface area contributed by atoms with Gasteiger partial charge in [-0.3, -0.25) is 10.1 Å². The first-order valence-corrected chi connectivity index (χ1v) is 9.54. The molecule has 0 amide bonds. The monoisotopic (exact) mass is 399 g/mol. The standard InChI is InChI=1S/C23H17N3O2S/c27-26(28)14-20(16-7-3-1-4-8-16)22-19-13-18(24-15-29)11-12-21(19)25-23(22)17-9-5-2-6-10-17/h1-13,20,25H,14H2. The molecule has 29 heavy (non-hydrogen) atoms. The van der Waals surface area contributed by atoms with Gasteiger partial charge in [-0.15, -0.1) is 0 Å². The maximum Gasteiger partial charge on any atom is 0.214 e. The minimum Gasteiger partial charge on any atom is -0.354 e. The Balaban J connectivity index is 2.03. The zero-order valence-electron chi connectivity index (χ0n) is 15.4.